The third-order valence-corrected chi connectivity index (χ3v) is 4.14. The Bertz CT molecular complexity index is 419. The Morgan fingerprint density at radius 1 is 1.20 bits per heavy atom. The lowest BCUT2D eigenvalue weighted by Gasteiger charge is -2.26. The van der Waals surface area contributed by atoms with E-state index in [9.17, 15) is 4.79 Å². The molecule has 0 aliphatic heterocycles. The molecule has 0 saturated heterocycles. The second-order valence-electron chi connectivity index (χ2n) is 5.89. The van der Waals surface area contributed by atoms with Crippen LogP contribution >= 0.6 is 0 Å². The molecular weight excluding hydrogens is 248 g/mol. The molecule has 0 heterocycles. The van der Waals surface area contributed by atoms with Crippen molar-refractivity contribution in [1.82, 2.24) is 5.32 Å². The average molecular weight is 274 g/mol. The van der Waals surface area contributed by atoms with Crippen molar-refractivity contribution in [3.63, 3.8) is 0 Å². The molecule has 1 aliphatic carbocycles. The van der Waals surface area contributed by atoms with Crippen LogP contribution in [0.15, 0.2) is 24.3 Å². The molecular formula is C17H26N2O. The second-order valence-corrected chi connectivity index (χ2v) is 5.89. The molecule has 0 atom stereocenters. The van der Waals surface area contributed by atoms with Gasteiger partial charge in [-0.25, -0.2) is 0 Å². The SMILES string of the molecule is CCCCc1ccc(C(=O)N[C@H]2CC[C@H](N)CC2)cc1. The van der Waals surface area contributed by atoms with Gasteiger partial charge >= 0.3 is 0 Å². The van der Waals surface area contributed by atoms with Crippen molar-refractivity contribution in [2.24, 2.45) is 5.73 Å². The Labute approximate surface area is 121 Å². The summed E-state index contributed by atoms with van der Waals surface area (Å²) in [7, 11) is 0. The molecule has 3 N–H and O–H groups in total. The van der Waals surface area contributed by atoms with Gasteiger partial charge in [0.25, 0.3) is 5.91 Å². The van der Waals surface area contributed by atoms with Crippen LogP contribution in [-0.4, -0.2) is 18.0 Å². The number of aryl methyl sites for hydroxylation is 1. The number of benzene rings is 1. The van der Waals surface area contributed by atoms with Gasteiger partial charge in [0.1, 0.15) is 0 Å². The van der Waals surface area contributed by atoms with E-state index in [4.69, 9.17) is 5.73 Å². The normalized spacial score (nSPS) is 22.5. The number of nitrogens with two attached hydrogens (primary N) is 1. The smallest absolute Gasteiger partial charge is 0.251 e. The van der Waals surface area contributed by atoms with E-state index >= 15 is 0 Å². The number of carbonyl (C=O) groups excluding carboxylic acids is 1. The van der Waals surface area contributed by atoms with Crippen LogP contribution < -0.4 is 11.1 Å². The summed E-state index contributed by atoms with van der Waals surface area (Å²) >= 11 is 0. The van der Waals surface area contributed by atoms with Crippen LogP contribution in [-0.2, 0) is 6.42 Å². The van der Waals surface area contributed by atoms with Crippen molar-refractivity contribution in [3.8, 4) is 0 Å². The molecule has 0 radical (unpaired) electrons. The second kappa shape index (κ2) is 7.44. The van der Waals surface area contributed by atoms with Crippen molar-refractivity contribution < 1.29 is 4.79 Å². The zero-order chi connectivity index (χ0) is 14.4. The lowest BCUT2D eigenvalue weighted by atomic mass is 9.91. The minimum Gasteiger partial charge on any atom is -0.349 e. The minimum atomic E-state index is 0.0486. The Morgan fingerprint density at radius 3 is 2.45 bits per heavy atom. The van der Waals surface area contributed by atoms with Gasteiger partial charge in [-0.1, -0.05) is 25.5 Å². The maximum Gasteiger partial charge on any atom is 0.251 e. The highest BCUT2D eigenvalue weighted by atomic mass is 16.1. The van der Waals surface area contributed by atoms with Crippen LogP contribution in [0.25, 0.3) is 0 Å². The molecule has 3 heteroatoms. The molecule has 0 aromatic heterocycles. The summed E-state index contributed by atoms with van der Waals surface area (Å²) < 4.78 is 0. The summed E-state index contributed by atoms with van der Waals surface area (Å²) in [6, 6.07) is 8.63. The summed E-state index contributed by atoms with van der Waals surface area (Å²) in [6.45, 7) is 2.19. The van der Waals surface area contributed by atoms with E-state index in [1.165, 1.54) is 18.4 Å². The molecule has 1 aromatic carbocycles. The fraction of sp³-hybridized carbons (Fsp3) is 0.588. The summed E-state index contributed by atoms with van der Waals surface area (Å²) in [5, 5.41) is 3.12. The lowest BCUT2D eigenvalue weighted by molar-refractivity contribution is 0.0926. The zero-order valence-electron chi connectivity index (χ0n) is 12.4. The molecule has 0 bridgehead atoms. The first-order valence-corrected chi connectivity index (χ1v) is 7.84. The van der Waals surface area contributed by atoms with Gasteiger partial charge in [0.05, 0.1) is 0 Å². The molecule has 1 fully saturated rings. The first-order chi connectivity index (χ1) is 9.69. The highest BCUT2D eigenvalue weighted by Crippen LogP contribution is 2.17. The summed E-state index contributed by atoms with van der Waals surface area (Å²) in [6.07, 6.45) is 7.53. The van der Waals surface area contributed by atoms with Crippen molar-refractivity contribution in [2.45, 2.75) is 64.0 Å². The highest BCUT2D eigenvalue weighted by molar-refractivity contribution is 5.94. The fourth-order valence-electron chi connectivity index (χ4n) is 2.74. The number of amides is 1. The first kappa shape index (κ1) is 15.0. The molecule has 110 valence electrons. The molecule has 0 unspecified atom stereocenters. The topological polar surface area (TPSA) is 55.1 Å². The molecule has 1 aromatic rings. The van der Waals surface area contributed by atoms with Crippen LogP contribution in [0.1, 0.15) is 61.4 Å². The number of unbranched alkanes of at least 4 members (excludes halogenated alkanes) is 1. The number of carbonyl (C=O) groups is 1. The lowest BCUT2D eigenvalue weighted by Crippen LogP contribution is -2.40. The number of rotatable bonds is 5. The number of nitrogens with one attached hydrogen (secondary N) is 1. The monoisotopic (exact) mass is 274 g/mol. The average Bonchev–Trinajstić information content (AvgIpc) is 2.48. The maximum atomic E-state index is 12.2. The van der Waals surface area contributed by atoms with Crippen LogP contribution in [0.5, 0.6) is 0 Å². The van der Waals surface area contributed by atoms with E-state index in [1.807, 2.05) is 12.1 Å². The summed E-state index contributed by atoms with van der Waals surface area (Å²) in [5.74, 6) is 0.0486. The van der Waals surface area contributed by atoms with Gasteiger partial charge in [0.2, 0.25) is 0 Å². The van der Waals surface area contributed by atoms with Crippen molar-refractivity contribution in [2.75, 3.05) is 0 Å². The Balaban J connectivity index is 1.85. The third-order valence-electron chi connectivity index (χ3n) is 4.14. The largest absolute Gasteiger partial charge is 0.349 e. The molecule has 1 amide bonds. The van der Waals surface area contributed by atoms with Crippen LogP contribution in [0.2, 0.25) is 0 Å². The van der Waals surface area contributed by atoms with Gasteiger partial charge < -0.3 is 11.1 Å². The Kier molecular flexibility index (Phi) is 5.60. The summed E-state index contributed by atoms with van der Waals surface area (Å²) in [5.41, 5.74) is 7.96. The van der Waals surface area contributed by atoms with E-state index in [-0.39, 0.29) is 5.91 Å². The van der Waals surface area contributed by atoms with Gasteiger partial charge in [-0.15, -0.1) is 0 Å². The predicted molar refractivity (Wildman–Crippen MR) is 82.8 cm³/mol. The fourth-order valence-corrected chi connectivity index (χ4v) is 2.74. The first-order valence-electron chi connectivity index (χ1n) is 7.84. The van der Waals surface area contributed by atoms with E-state index in [1.54, 1.807) is 0 Å². The molecule has 0 spiro atoms. The predicted octanol–water partition coefficient (Wildman–Crippen LogP) is 3.03. The van der Waals surface area contributed by atoms with Gasteiger partial charge in [0.15, 0.2) is 0 Å². The molecule has 1 aliphatic rings. The molecule has 20 heavy (non-hydrogen) atoms. The highest BCUT2D eigenvalue weighted by Gasteiger charge is 2.20. The Morgan fingerprint density at radius 2 is 1.85 bits per heavy atom. The van der Waals surface area contributed by atoms with Gasteiger partial charge in [-0.05, 0) is 56.2 Å². The third kappa shape index (κ3) is 4.34. The van der Waals surface area contributed by atoms with E-state index < -0.39 is 0 Å². The van der Waals surface area contributed by atoms with Crippen LogP contribution in [0, 0.1) is 0 Å². The van der Waals surface area contributed by atoms with E-state index in [0.29, 0.717) is 12.1 Å². The summed E-state index contributed by atoms with van der Waals surface area (Å²) in [4.78, 5) is 12.2. The van der Waals surface area contributed by atoms with Crippen molar-refractivity contribution >= 4 is 5.91 Å². The van der Waals surface area contributed by atoms with Crippen LogP contribution in [0.3, 0.4) is 0 Å². The van der Waals surface area contributed by atoms with Gasteiger partial charge in [-0.2, -0.15) is 0 Å². The van der Waals surface area contributed by atoms with Crippen molar-refractivity contribution in [1.29, 1.82) is 0 Å². The standard InChI is InChI=1S/C17H26N2O/c1-2-3-4-13-5-7-14(8-6-13)17(20)19-16-11-9-15(18)10-12-16/h5-8,15-16H,2-4,9-12,18H2,1H3,(H,19,20)/t15-,16-. The van der Waals surface area contributed by atoms with E-state index in [0.717, 1.165) is 37.7 Å². The minimum absolute atomic E-state index is 0.0486. The maximum absolute atomic E-state index is 12.2. The zero-order valence-corrected chi connectivity index (χ0v) is 12.4. The van der Waals surface area contributed by atoms with Gasteiger partial charge in [0, 0.05) is 17.6 Å². The Hall–Kier alpha value is -1.35. The van der Waals surface area contributed by atoms with Gasteiger partial charge in [-0.3, -0.25) is 4.79 Å². The quantitative estimate of drug-likeness (QED) is 0.867. The molecule has 2 rings (SSSR count). The number of hydrogen-bond acceptors (Lipinski definition) is 2. The van der Waals surface area contributed by atoms with Crippen LogP contribution in [0.4, 0.5) is 0 Å². The van der Waals surface area contributed by atoms with E-state index in [2.05, 4.69) is 24.4 Å². The molecule has 1 saturated carbocycles. The molecule has 3 nitrogen and oxygen atoms in total. The number of hydrogen-bond donors (Lipinski definition) is 2. The van der Waals surface area contributed by atoms with Crippen molar-refractivity contribution in [3.05, 3.63) is 35.4 Å².